The third-order valence-electron chi connectivity index (χ3n) is 4.21. The number of aliphatic hydroxyl groups is 1. The van der Waals surface area contributed by atoms with Gasteiger partial charge in [0.05, 0.1) is 17.5 Å². The van der Waals surface area contributed by atoms with Crippen LogP contribution in [0.15, 0.2) is 18.3 Å². The first-order valence-corrected chi connectivity index (χ1v) is 7.24. The monoisotopic (exact) mass is 277 g/mol. The Bertz CT molecular complexity index is 451. The number of nitrogens with one attached hydrogen (secondary N) is 1. The molecule has 110 valence electrons. The molecule has 4 N–H and O–H groups in total. The van der Waals surface area contributed by atoms with Crippen molar-refractivity contribution in [2.24, 2.45) is 5.92 Å². The van der Waals surface area contributed by atoms with E-state index in [1.165, 1.54) is 6.20 Å². The Morgan fingerprint density at radius 2 is 2.20 bits per heavy atom. The minimum atomic E-state index is -0.769. The number of anilines is 1. The molecular weight excluding hydrogens is 254 g/mol. The average Bonchev–Trinajstić information content (AvgIpc) is 2.46. The third kappa shape index (κ3) is 3.70. The smallest absolute Gasteiger partial charge is 0.269 e. The number of rotatable bonds is 4. The maximum Gasteiger partial charge on any atom is 0.269 e. The van der Waals surface area contributed by atoms with Gasteiger partial charge >= 0.3 is 0 Å². The van der Waals surface area contributed by atoms with Gasteiger partial charge in [0.25, 0.3) is 5.91 Å². The van der Waals surface area contributed by atoms with Gasteiger partial charge in [-0.25, -0.2) is 4.98 Å². The zero-order chi connectivity index (χ0) is 14.6. The Kier molecular flexibility index (Phi) is 4.60. The second kappa shape index (κ2) is 6.22. The number of nitrogens with two attached hydrogens (primary N) is 1. The molecule has 5 heteroatoms. The summed E-state index contributed by atoms with van der Waals surface area (Å²) in [7, 11) is 0. The van der Waals surface area contributed by atoms with Crippen molar-refractivity contribution in [2.45, 2.75) is 44.6 Å². The molecule has 1 aliphatic carbocycles. The summed E-state index contributed by atoms with van der Waals surface area (Å²) >= 11 is 0. The van der Waals surface area contributed by atoms with Gasteiger partial charge in [0.2, 0.25) is 0 Å². The molecule has 1 aromatic heterocycles. The maximum absolute atomic E-state index is 11.9. The number of aromatic nitrogens is 1. The van der Waals surface area contributed by atoms with E-state index in [0.29, 0.717) is 17.3 Å². The summed E-state index contributed by atoms with van der Waals surface area (Å²) in [5.74, 6) is 0.445. The van der Waals surface area contributed by atoms with Crippen molar-refractivity contribution in [3.05, 3.63) is 24.0 Å². The minimum Gasteiger partial charge on any atom is -0.397 e. The van der Waals surface area contributed by atoms with Gasteiger partial charge < -0.3 is 16.2 Å². The molecule has 20 heavy (non-hydrogen) atoms. The molecule has 0 aliphatic heterocycles. The number of carbonyl (C=O) groups is 1. The molecule has 1 amide bonds. The summed E-state index contributed by atoms with van der Waals surface area (Å²) in [5, 5.41) is 13.2. The first-order chi connectivity index (χ1) is 9.52. The summed E-state index contributed by atoms with van der Waals surface area (Å²) < 4.78 is 0. The van der Waals surface area contributed by atoms with E-state index < -0.39 is 5.60 Å². The van der Waals surface area contributed by atoms with Crippen molar-refractivity contribution in [2.75, 3.05) is 12.3 Å². The highest BCUT2D eigenvalue weighted by molar-refractivity contribution is 5.92. The van der Waals surface area contributed by atoms with Crippen molar-refractivity contribution in [1.29, 1.82) is 0 Å². The first-order valence-electron chi connectivity index (χ1n) is 7.24. The SMILES string of the molecule is CCC1CCC(O)(CNC(=O)c2ccc(N)cn2)CC1. The van der Waals surface area contributed by atoms with Crippen molar-refractivity contribution >= 4 is 11.6 Å². The lowest BCUT2D eigenvalue weighted by Crippen LogP contribution is -2.45. The van der Waals surface area contributed by atoms with E-state index in [9.17, 15) is 9.90 Å². The molecule has 0 radical (unpaired) electrons. The number of hydrogen-bond donors (Lipinski definition) is 3. The van der Waals surface area contributed by atoms with Crippen LogP contribution in [-0.2, 0) is 0 Å². The average molecular weight is 277 g/mol. The van der Waals surface area contributed by atoms with Gasteiger partial charge in [0.1, 0.15) is 5.69 Å². The lowest BCUT2D eigenvalue weighted by molar-refractivity contribution is -0.00790. The molecule has 1 fully saturated rings. The van der Waals surface area contributed by atoms with E-state index in [1.54, 1.807) is 12.1 Å². The number of nitrogens with zero attached hydrogens (tertiary/aromatic N) is 1. The van der Waals surface area contributed by atoms with Crippen LogP contribution < -0.4 is 11.1 Å². The van der Waals surface area contributed by atoms with E-state index in [1.807, 2.05) is 0 Å². The quantitative estimate of drug-likeness (QED) is 0.782. The number of nitrogen functional groups attached to an aromatic ring is 1. The highest BCUT2D eigenvalue weighted by atomic mass is 16.3. The van der Waals surface area contributed by atoms with Gasteiger partial charge in [-0.3, -0.25) is 4.79 Å². The maximum atomic E-state index is 11.9. The second-order valence-corrected chi connectivity index (χ2v) is 5.74. The highest BCUT2D eigenvalue weighted by Gasteiger charge is 2.32. The summed E-state index contributed by atoms with van der Waals surface area (Å²) in [6.07, 6.45) is 6.18. The number of carbonyl (C=O) groups excluding carboxylic acids is 1. The number of pyridine rings is 1. The number of amides is 1. The molecular formula is C15H23N3O2. The largest absolute Gasteiger partial charge is 0.397 e. The Hall–Kier alpha value is -1.62. The molecule has 1 heterocycles. The van der Waals surface area contributed by atoms with Crippen LogP contribution in [0.3, 0.4) is 0 Å². The van der Waals surface area contributed by atoms with Crippen LogP contribution in [0.2, 0.25) is 0 Å². The summed E-state index contributed by atoms with van der Waals surface area (Å²) in [5.41, 5.74) is 5.61. The van der Waals surface area contributed by atoms with Crippen LogP contribution in [0.1, 0.15) is 49.5 Å². The Labute approximate surface area is 119 Å². The molecule has 2 rings (SSSR count). The fraction of sp³-hybridized carbons (Fsp3) is 0.600. The molecule has 1 aliphatic rings. The van der Waals surface area contributed by atoms with Gasteiger partial charge in [0.15, 0.2) is 0 Å². The molecule has 0 spiro atoms. The van der Waals surface area contributed by atoms with Crippen LogP contribution in [-0.4, -0.2) is 28.1 Å². The van der Waals surface area contributed by atoms with Crippen LogP contribution in [0, 0.1) is 5.92 Å². The third-order valence-corrected chi connectivity index (χ3v) is 4.21. The Balaban J connectivity index is 1.85. The van der Waals surface area contributed by atoms with Crippen LogP contribution in [0.5, 0.6) is 0 Å². The summed E-state index contributed by atoms with van der Waals surface area (Å²) in [6, 6.07) is 3.23. The molecule has 0 saturated heterocycles. The molecule has 0 unspecified atom stereocenters. The fourth-order valence-corrected chi connectivity index (χ4v) is 2.67. The van der Waals surface area contributed by atoms with Gasteiger partial charge in [-0.1, -0.05) is 13.3 Å². The van der Waals surface area contributed by atoms with Crippen molar-refractivity contribution < 1.29 is 9.90 Å². The zero-order valence-electron chi connectivity index (χ0n) is 11.9. The summed E-state index contributed by atoms with van der Waals surface area (Å²) in [4.78, 5) is 15.9. The standard InChI is InChI=1S/C15H23N3O2/c1-2-11-5-7-15(20,8-6-11)10-18-14(19)13-4-3-12(16)9-17-13/h3-4,9,11,20H,2,5-8,10,16H2,1H3,(H,18,19). The van der Waals surface area contributed by atoms with Gasteiger partial charge in [0, 0.05) is 6.54 Å². The Morgan fingerprint density at radius 3 is 2.75 bits per heavy atom. The van der Waals surface area contributed by atoms with E-state index in [2.05, 4.69) is 17.2 Å². The molecule has 1 saturated carbocycles. The minimum absolute atomic E-state index is 0.268. The van der Waals surface area contributed by atoms with Crippen molar-refractivity contribution in [1.82, 2.24) is 10.3 Å². The summed E-state index contributed by atoms with van der Waals surface area (Å²) in [6.45, 7) is 2.47. The molecule has 0 atom stereocenters. The second-order valence-electron chi connectivity index (χ2n) is 5.74. The van der Waals surface area contributed by atoms with Crippen molar-refractivity contribution in [3.63, 3.8) is 0 Å². The lowest BCUT2D eigenvalue weighted by Gasteiger charge is -2.35. The predicted molar refractivity (Wildman–Crippen MR) is 78.2 cm³/mol. The van der Waals surface area contributed by atoms with Gasteiger partial charge in [-0.15, -0.1) is 0 Å². The topological polar surface area (TPSA) is 88.2 Å². The van der Waals surface area contributed by atoms with E-state index in [4.69, 9.17) is 5.73 Å². The lowest BCUT2D eigenvalue weighted by atomic mass is 9.78. The predicted octanol–water partition coefficient (Wildman–Crippen LogP) is 1.72. The molecule has 0 aromatic carbocycles. The number of hydrogen-bond acceptors (Lipinski definition) is 4. The molecule has 5 nitrogen and oxygen atoms in total. The van der Waals surface area contributed by atoms with Crippen LogP contribution >= 0.6 is 0 Å². The molecule has 1 aromatic rings. The Morgan fingerprint density at radius 1 is 1.50 bits per heavy atom. The van der Waals surface area contributed by atoms with E-state index >= 15 is 0 Å². The van der Waals surface area contributed by atoms with Crippen LogP contribution in [0.25, 0.3) is 0 Å². The van der Waals surface area contributed by atoms with Crippen LogP contribution in [0.4, 0.5) is 5.69 Å². The van der Waals surface area contributed by atoms with Crippen molar-refractivity contribution in [3.8, 4) is 0 Å². The first kappa shape index (κ1) is 14.8. The van der Waals surface area contributed by atoms with Gasteiger partial charge in [-0.2, -0.15) is 0 Å². The van der Waals surface area contributed by atoms with E-state index in [-0.39, 0.29) is 12.5 Å². The molecule has 0 bridgehead atoms. The van der Waals surface area contributed by atoms with Gasteiger partial charge in [-0.05, 0) is 43.7 Å². The fourth-order valence-electron chi connectivity index (χ4n) is 2.67. The highest BCUT2D eigenvalue weighted by Crippen LogP contribution is 2.33. The van der Waals surface area contributed by atoms with E-state index in [0.717, 1.165) is 32.1 Å². The zero-order valence-corrected chi connectivity index (χ0v) is 11.9. The normalized spacial score (nSPS) is 26.2.